The van der Waals surface area contributed by atoms with Crippen LogP contribution in [0.15, 0.2) is 28.7 Å². The van der Waals surface area contributed by atoms with E-state index in [2.05, 4.69) is 21.2 Å². The van der Waals surface area contributed by atoms with Crippen molar-refractivity contribution in [3.8, 4) is 0 Å². The summed E-state index contributed by atoms with van der Waals surface area (Å²) in [5.74, 6) is -0.134. The fraction of sp³-hybridized carbons (Fsp3) is 0.364. The molecular formula is C11H15BrN2O. The molecule has 3 nitrogen and oxygen atoms in total. The number of nitrogens with two attached hydrogens (primary N) is 1. The van der Waals surface area contributed by atoms with Crippen LogP contribution in [-0.4, -0.2) is 11.9 Å². The summed E-state index contributed by atoms with van der Waals surface area (Å²) in [7, 11) is 0. The van der Waals surface area contributed by atoms with E-state index in [0.29, 0.717) is 0 Å². The summed E-state index contributed by atoms with van der Waals surface area (Å²) in [5.41, 5.74) is 6.53. The molecule has 0 aliphatic rings. The van der Waals surface area contributed by atoms with E-state index in [1.54, 1.807) is 6.92 Å². The first kappa shape index (κ1) is 12.2. The van der Waals surface area contributed by atoms with Crippen LogP contribution < -0.4 is 11.1 Å². The third-order valence-electron chi connectivity index (χ3n) is 2.14. The molecule has 0 unspecified atom stereocenters. The third kappa shape index (κ3) is 3.64. The average molecular weight is 271 g/mol. The zero-order valence-corrected chi connectivity index (χ0v) is 10.4. The standard InChI is InChI=1S/C11H15BrN2O/c1-7(13)11(15)14-8(2)9-3-5-10(12)6-4-9/h3-8H,13H2,1-2H3,(H,14,15)/t7-,8+/m0/s1. The molecular weight excluding hydrogens is 256 g/mol. The molecule has 1 aromatic carbocycles. The Morgan fingerprint density at radius 3 is 2.33 bits per heavy atom. The van der Waals surface area contributed by atoms with E-state index in [4.69, 9.17) is 5.73 Å². The molecule has 4 heteroatoms. The molecule has 0 fully saturated rings. The lowest BCUT2D eigenvalue weighted by Crippen LogP contribution is -2.39. The highest BCUT2D eigenvalue weighted by atomic mass is 79.9. The molecule has 1 amide bonds. The minimum atomic E-state index is -0.470. The van der Waals surface area contributed by atoms with E-state index in [1.807, 2.05) is 31.2 Å². The van der Waals surface area contributed by atoms with Crippen molar-refractivity contribution in [3.63, 3.8) is 0 Å². The van der Waals surface area contributed by atoms with Gasteiger partial charge in [0.05, 0.1) is 12.1 Å². The van der Waals surface area contributed by atoms with Crippen LogP contribution in [0.25, 0.3) is 0 Å². The Hall–Kier alpha value is -0.870. The Balaban J connectivity index is 2.65. The van der Waals surface area contributed by atoms with Gasteiger partial charge in [-0.1, -0.05) is 28.1 Å². The molecule has 0 bridgehead atoms. The molecule has 0 saturated carbocycles. The number of halogens is 1. The predicted octanol–water partition coefficient (Wildman–Crippen LogP) is 1.97. The summed E-state index contributed by atoms with van der Waals surface area (Å²) in [4.78, 5) is 11.3. The van der Waals surface area contributed by atoms with Crippen LogP contribution >= 0.6 is 15.9 Å². The Morgan fingerprint density at radius 2 is 1.87 bits per heavy atom. The highest BCUT2D eigenvalue weighted by Crippen LogP contribution is 2.16. The zero-order chi connectivity index (χ0) is 11.4. The summed E-state index contributed by atoms with van der Waals surface area (Å²) in [6.45, 7) is 3.60. The maximum atomic E-state index is 11.3. The largest absolute Gasteiger partial charge is 0.348 e. The van der Waals surface area contributed by atoms with Gasteiger partial charge in [-0.25, -0.2) is 0 Å². The normalized spacial score (nSPS) is 14.4. The molecule has 1 aromatic rings. The van der Waals surface area contributed by atoms with E-state index in [0.717, 1.165) is 10.0 Å². The van der Waals surface area contributed by atoms with Crippen molar-refractivity contribution >= 4 is 21.8 Å². The van der Waals surface area contributed by atoms with E-state index in [9.17, 15) is 4.79 Å². The molecule has 0 heterocycles. The average Bonchev–Trinajstić information content (AvgIpc) is 2.18. The van der Waals surface area contributed by atoms with Gasteiger partial charge in [-0.2, -0.15) is 0 Å². The molecule has 0 radical (unpaired) electrons. The molecule has 0 aliphatic heterocycles. The summed E-state index contributed by atoms with van der Waals surface area (Å²) in [5, 5.41) is 2.84. The van der Waals surface area contributed by atoms with Gasteiger partial charge in [-0.15, -0.1) is 0 Å². The summed E-state index contributed by atoms with van der Waals surface area (Å²) in [6.07, 6.45) is 0. The van der Waals surface area contributed by atoms with Gasteiger partial charge in [-0.05, 0) is 31.5 Å². The lowest BCUT2D eigenvalue weighted by atomic mass is 10.1. The lowest BCUT2D eigenvalue weighted by Gasteiger charge is -2.15. The Labute approximate surface area is 98.2 Å². The summed E-state index contributed by atoms with van der Waals surface area (Å²) in [6, 6.07) is 7.35. The second-order valence-corrected chi connectivity index (χ2v) is 4.49. The molecule has 1 rings (SSSR count). The molecule has 3 N–H and O–H groups in total. The van der Waals surface area contributed by atoms with E-state index in [1.165, 1.54) is 0 Å². The minimum Gasteiger partial charge on any atom is -0.348 e. The lowest BCUT2D eigenvalue weighted by molar-refractivity contribution is -0.122. The third-order valence-corrected chi connectivity index (χ3v) is 2.67. The van der Waals surface area contributed by atoms with Gasteiger partial charge < -0.3 is 11.1 Å². The van der Waals surface area contributed by atoms with Crippen LogP contribution in [0.4, 0.5) is 0 Å². The van der Waals surface area contributed by atoms with E-state index >= 15 is 0 Å². The van der Waals surface area contributed by atoms with Gasteiger partial charge in [0.2, 0.25) is 5.91 Å². The highest BCUT2D eigenvalue weighted by molar-refractivity contribution is 9.10. The van der Waals surface area contributed by atoms with E-state index in [-0.39, 0.29) is 11.9 Å². The minimum absolute atomic E-state index is 0.0170. The molecule has 2 atom stereocenters. The molecule has 0 aliphatic carbocycles. The fourth-order valence-electron chi connectivity index (χ4n) is 1.18. The first-order valence-corrected chi connectivity index (χ1v) is 5.61. The topological polar surface area (TPSA) is 55.1 Å². The maximum absolute atomic E-state index is 11.3. The predicted molar refractivity (Wildman–Crippen MR) is 64.3 cm³/mol. The molecule has 82 valence electrons. The monoisotopic (exact) mass is 270 g/mol. The first-order chi connectivity index (χ1) is 7.00. The number of hydrogen-bond acceptors (Lipinski definition) is 2. The van der Waals surface area contributed by atoms with Crippen LogP contribution in [0.2, 0.25) is 0 Å². The Bertz CT molecular complexity index is 335. The zero-order valence-electron chi connectivity index (χ0n) is 8.83. The van der Waals surface area contributed by atoms with Gasteiger partial charge in [0, 0.05) is 4.47 Å². The molecule has 0 saturated heterocycles. The molecule has 15 heavy (non-hydrogen) atoms. The number of nitrogens with one attached hydrogen (secondary N) is 1. The van der Waals surface area contributed by atoms with Gasteiger partial charge in [0.1, 0.15) is 0 Å². The van der Waals surface area contributed by atoms with Crippen molar-refractivity contribution < 1.29 is 4.79 Å². The second kappa shape index (κ2) is 5.28. The number of amides is 1. The summed E-state index contributed by atoms with van der Waals surface area (Å²) >= 11 is 3.36. The second-order valence-electron chi connectivity index (χ2n) is 3.57. The van der Waals surface area contributed by atoms with Crippen molar-refractivity contribution in [2.45, 2.75) is 25.9 Å². The van der Waals surface area contributed by atoms with Gasteiger partial charge in [-0.3, -0.25) is 4.79 Å². The number of hydrogen-bond donors (Lipinski definition) is 2. The van der Waals surface area contributed by atoms with Crippen LogP contribution in [0.1, 0.15) is 25.5 Å². The summed E-state index contributed by atoms with van der Waals surface area (Å²) < 4.78 is 1.02. The molecule has 0 aromatic heterocycles. The van der Waals surface area contributed by atoms with Crippen molar-refractivity contribution in [2.24, 2.45) is 5.73 Å². The Kier molecular flexibility index (Phi) is 4.29. The quantitative estimate of drug-likeness (QED) is 0.883. The maximum Gasteiger partial charge on any atom is 0.237 e. The smallest absolute Gasteiger partial charge is 0.237 e. The van der Waals surface area contributed by atoms with Crippen LogP contribution in [-0.2, 0) is 4.79 Å². The van der Waals surface area contributed by atoms with Crippen LogP contribution in [0.3, 0.4) is 0 Å². The first-order valence-electron chi connectivity index (χ1n) is 4.82. The van der Waals surface area contributed by atoms with Crippen LogP contribution in [0, 0.1) is 0 Å². The van der Waals surface area contributed by atoms with Crippen molar-refractivity contribution in [1.82, 2.24) is 5.32 Å². The Morgan fingerprint density at radius 1 is 1.33 bits per heavy atom. The fourth-order valence-corrected chi connectivity index (χ4v) is 1.44. The van der Waals surface area contributed by atoms with Gasteiger partial charge >= 0.3 is 0 Å². The number of rotatable bonds is 3. The van der Waals surface area contributed by atoms with Gasteiger partial charge in [0.15, 0.2) is 0 Å². The highest BCUT2D eigenvalue weighted by Gasteiger charge is 2.12. The van der Waals surface area contributed by atoms with Gasteiger partial charge in [0.25, 0.3) is 0 Å². The number of carbonyl (C=O) groups is 1. The van der Waals surface area contributed by atoms with Crippen molar-refractivity contribution in [3.05, 3.63) is 34.3 Å². The van der Waals surface area contributed by atoms with Crippen LogP contribution in [0.5, 0.6) is 0 Å². The SMILES string of the molecule is C[C@H](N)C(=O)N[C@H](C)c1ccc(Br)cc1. The van der Waals surface area contributed by atoms with Crippen molar-refractivity contribution in [1.29, 1.82) is 0 Å². The number of carbonyl (C=O) groups excluding carboxylic acids is 1. The molecule has 0 spiro atoms. The number of benzene rings is 1. The van der Waals surface area contributed by atoms with Crippen molar-refractivity contribution in [2.75, 3.05) is 0 Å². The van der Waals surface area contributed by atoms with E-state index < -0.39 is 6.04 Å².